The second-order valence-corrected chi connectivity index (χ2v) is 6.80. The molecule has 2 nitrogen and oxygen atoms in total. The SMILES string of the molecule is O=C(CSc1ccc(Br)cc1)Nc1ccc(Br)cc1F. The normalized spacial score (nSPS) is 10.3. The molecule has 2 aromatic carbocycles. The van der Waals surface area contributed by atoms with Crippen molar-refractivity contribution in [1.82, 2.24) is 0 Å². The molecule has 0 unspecified atom stereocenters. The van der Waals surface area contributed by atoms with E-state index in [2.05, 4.69) is 37.2 Å². The quantitative estimate of drug-likeness (QED) is 0.701. The smallest absolute Gasteiger partial charge is 0.234 e. The molecule has 2 aromatic rings. The summed E-state index contributed by atoms with van der Waals surface area (Å²) in [7, 11) is 0. The molecule has 0 saturated heterocycles. The number of benzene rings is 2. The van der Waals surface area contributed by atoms with Gasteiger partial charge in [0.2, 0.25) is 5.91 Å². The van der Waals surface area contributed by atoms with E-state index in [-0.39, 0.29) is 17.3 Å². The van der Waals surface area contributed by atoms with Crippen molar-refractivity contribution in [3.05, 3.63) is 57.2 Å². The van der Waals surface area contributed by atoms with E-state index < -0.39 is 5.82 Å². The fourth-order valence-corrected chi connectivity index (χ4v) is 2.75. The van der Waals surface area contributed by atoms with Crippen LogP contribution in [-0.4, -0.2) is 11.7 Å². The van der Waals surface area contributed by atoms with Crippen molar-refractivity contribution in [1.29, 1.82) is 0 Å². The Hall–Kier alpha value is -0.850. The summed E-state index contributed by atoms with van der Waals surface area (Å²) in [5, 5.41) is 2.55. The number of thioether (sulfide) groups is 1. The molecule has 0 fully saturated rings. The molecule has 104 valence electrons. The lowest BCUT2D eigenvalue weighted by Gasteiger charge is -2.06. The molecular formula is C14H10Br2FNOS. The van der Waals surface area contributed by atoms with E-state index in [1.54, 1.807) is 6.07 Å². The first-order valence-electron chi connectivity index (χ1n) is 5.68. The largest absolute Gasteiger partial charge is 0.323 e. The van der Waals surface area contributed by atoms with E-state index in [1.807, 2.05) is 24.3 Å². The highest BCUT2D eigenvalue weighted by molar-refractivity contribution is 9.10. The van der Waals surface area contributed by atoms with Crippen LogP contribution in [0.2, 0.25) is 0 Å². The second kappa shape index (κ2) is 7.24. The van der Waals surface area contributed by atoms with Gasteiger partial charge in [-0.2, -0.15) is 0 Å². The minimum atomic E-state index is -0.457. The van der Waals surface area contributed by atoms with E-state index in [9.17, 15) is 9.18 Å². The van der Waals surface area contributed by atoms with Gasteiger partial charge in [0, 0.05) is 13.8 Å². The van der Waals surface area contributed by atoms with Gasteiger partial charge in [0.15, 0.2) is 0 Å². The van der Waals surface area contributed by atoms with Crippen molar-refractivity contribution < 1.29 is 9.18 Å². The zero-order valence-corrected chi connectivity index (χ0v) is 14.2. The lowest BCUT2D eigenvalue weighted by atomic mass is 10.3. The van der Waals surface area contributed by atoms with Gasteiger partial charge >= 0.3 is 0 Å². The monoisotopic (exact) mass is 417 g/mol. The number of carbonyl (C=O) groups excluding carboxylic acids is 1. The van der Waals surface area contributed by atoms with Gasteiger partial charge in [-0.25, -0.2) is 4.39 Å². The third-order valence-corrected chi connectivity index (χ3v) is 4.42. The Labute approximate surface area is 137 Å². The van der Waals surface area contributed by atoms with Crippen molar-refractivity contribution in [2.24, 2.45) is 0 Å². The highest BCUT2D eigenvalue weighted by atomic mass is 79.9. The van der Waals surface area contributed by atoms with Crippen LogP contribution in [0.15, 0.2) is 56.3 Å². The molecule has 0 atom stereocenters. The van der Waals surface area contributed by atoms with Crippen LogP contribution in [0.25, 0.3) is 0 Å². The minimum absolute atomic E-state index is 0.189. The summed E-state index contributed by atoms with van der Waals surface area (Å²) in [6, 6.07) is 12.2. The van der Waals surface area contributed by atoms with Gasteiger partial charge in [0.1, 0.15) is 5.82 Å². The fraction of sp³-hybridized carbons (Fsp3) is 0.0714. The molecule has 0 bridgehead atoms. The maximum atomic E-state index is 13.6. The van der Waals surface area contributed by atoms with Crippen LogP contribution < -0.4 is 5.32 Å². The summed E-state index contributed by atoms with van der Waals surface area (Å²) < 4.78 is 15.2. The van der Waals surface area contributed by atoms with E-state index in [1.165, 1.54) is 23.9 Å². The topological polar surface area (TPSA) is 29.1 Å². The van der Waals surface area contributed by atoms with Crippen molar-refractivity contribution >= 4 is 55.2 Å². The number of hydrogen-bond acceptors (Lipinski definition) is 2. The van der Waals surface area contributed by atoms with Crippen LogP contribution in [0.1, 0.15) is 0 Å². The van der Waals surface area contributed by atoms with Crippen LogP contribution in [0.3, 0.4) is 0 Å². The zero-order valence-electron chi connectivity index (χ0n) is 10.2. The first-order chi connectivity index (χ1) is 9.54. The molecule has 0 aromatic heterocycles. The second-order valence-electron chi connectivity index (χ2n) is 3.91. The van der Waals surface area contributed by atoms with Gasteiger partial charge in [-0.3, -0.25) is 4.79 Å². The lowest BCUT2D eigenvalue weighted by Crippen LogP contribution is -2.14. The highest BCUT2D eigenvalue weighted by Gasteiger charge is 2.08. The van der Waals surface area contributed by atoms with Gasteiger partial charge in [0.25, 0.3) is 0 Å². The molecule has 0 saturated carbocycles. The predicted octanol–water partition coefficient (Wildman–Crippen LogP) is 5.08. The first kappa shape index (κ1) is 15.5. The van der Waals surface area contributed by atoms with Crippen LogP contribution in [0.5, 0.6) is 0 Å². The summed E-state index contributed by atoms with van der Waals surface area (Å²) in [5.74, 6) is -0.461. The van der Waals surface area contributed by atoms with E-state index >= 15 is 0 Å². The van der Waals surface area contributed by atoms with Crippen LogP contribution in [0.4, 0.5) is 10.1 Å². The third kappa shape index (κ3) is 4.61. The number of amides is 1. The minimum Gasteiger partial charge on any atom is -0.323 e. The molecular weight excluding hydrogens is 409 g/mol. The zero-order chi connectivity index (χ0) is 14.5. The predicted molar refractivity (Wildman–Crippen MR) is 87.6 cm³/mol. The maximum absolute atomic E-state index is 13.6. The lowest BCUT2D eigenvalue weighted by molar-refractivity contribution is -0.113. The average molecular weight is 419 g/mol. The van der Waals surface area contributed by atoms with Gasteiger partial charge in [-0.1, -0.05) is 31.9 Å². The molecule has 0 spiro atoms. The summed E-state index contributed by atoms with van der Waals surface area (Å²) >= 11 is 7.92. The maximum Gasteiger partial charge on any atom is 0.234 e. The Balaban J connectivity index is 1.90. The molecule has 0 aliphatic rings. The number of hydrogen-bond donors (Lipinski definition) is 1. The number of carbonyl (C=O) groups is 1. The van der Waals surface area contributed by atoms with Gasteiger partial charge < -0.3 is 5.32 Å². The first-order valence-corrected chi connectivity index (χ1v) is 8.25. The number of halogens is 3. The Kier molecular flexibility index (Phi) is 5.63. The highest BCUT2D eigenvalue weighted by Crippen LogP contribution is 2.22. The number of nitrogens with one attached hydrogen (secondary N) is 1. The summed E-state index contributed by atoms with van der Waals surface area (Å²) in [5.41, 5.74) is 0.189. The van der Waals surface area contributed by atoms with E-state index in [0.29, 0.717) is 4.47 Å². The van der Waals surface area contributed by atoms with Gasteiger partial charge in [0.05, 0.1) is 11.4 Å². The van der Waals surface area contributed by atoms with Crippen molar-refractivity contribution in [2.75, 3.05) is 11.1 Å². The Morgan fingerprint density at radius 3 is 2.40 bits per heavy atom. The molecule has 0 aliphatic heterocycles. The van der Waals surface area contributed by atoms with E-state index in [4.69, 9.17) is 0 Å². The summed E-state index contributed by atoms with van der Waals surface area (Å²) in [4.78, 5) is 12.8. The van der Waals surface area contributed by atoms with Crippen molar-refractivity contribution in [3.63, 3.8) is 0 Å². The average Bonchev–Trinajstić information content (AvgIpc) is 2.41. The van der Waals surface area contributed by atoms with Crippen molar-refractivity contribution in [3.8, 4) is 0 Å². The molecule has 6 heteroatoms. The van der Waals surface area contributed by atoms with E-state index in [0.717, 1.165) is 9.37 Å². The number of rotatable bonds is 4. The summed E-state index contributed by atoms with van der Waals surface area (Å²) in [6.07, 6.45) is 0. The fourth-order valence-electron chi connectivity index (χ4n) is 1.46. The molecule has 2 rings (SSSR count). The molecule has 20 heavy (non-hydrogen) atoms. The number of anilines is 1. The van der Waals surface area contributed by atoms with Gasteiger partial charge in [-0.15, -0.1) is 11.8 Å². The van der Waals surface area contributed by atoms with Crippen LogP contribution >= 0.6 is 43.6 Å². The Bertz CT molecular complexity index is 619. The standard InChI is InChI=1S/C14H10Br2FNOS/c15-9-1-4-11(5-2-9)20-8-14(19)18-13-6-3-10(16)7-12(13)17/h1-7H,8H2,(H,18,19). The van der Waals surface area contributed by atoms with Gasteiger partial charge in [-0.05, 0) is 42.5 Å². The van der Waals surface area contributed by atoms with Crippen molar-refractivity contribution in [2.45, 2.75) is 4.90 Å². The molecule has 1 amide bonds. The summed E-state index contributed by atoms with van der Waals surface area (Å²) in [6.45, 7) is 0. The molecule has 0 radical (unpaired) electrons. The molecule has 0 aliphatic carbocycles. The molecule has 1 N–H and O–H groups in total. The Morgan fingerprint density at radius 1 is 1.10 bits per heavy atom. The third-order valence-electron chi connectivity index (χ3n) is 2.39. The Morgan fingerprint density at radius 2 is 1.75 bits per heavy atom. The van der Waals surface area contributed by atoms with Crippen LogP contribution in [0, 0.1) is 5.82 Å². The molecule has 0 heterocycles. The van der Waals surface area contributed by atoms with Crippen LogP contribution in [-0.2, 0) is 4.79 Å².